The number of ether oxygens (including phenoxy) is 1. The molecule has 0 saturated carbocycles. The predicted octanol–water partition coefficient (Wildman–Crippen LogP) is 1.54. The average molecular weight is 320 g/mol. The summed E-state index contributed by atoms with van der Waals surface area (Å²) in [5, 5.41) is 22.0. The Balaban J connectivity index is 1.78. The van der Waals surface area contributed by atoms with Gasteiger partial charge in [-0.1, -0.05) is 30.3 Å². The van der Waals surface area contributed by atoms with Gasteiger partial charge in [0.2, 0.25) is 0 Å². The van der Waals surface area contributed by atoms with Gasteiger partial charge in [-0.05, 0) is 17.7 Å². The summed E-state index contributed by atoms with van der Waals surface area (Å²) in [5.74, 6) is -0.731. The minimum atomic E-state index is -1.55. The Morgan fingerprint density at radius 3 is 2.65 bits per heavy atom. The lowest BCUT2D eigenvalue weighted by molar-refractivity contribution is 0.0137. The van der Waals surface area contributed by atoms with Crippen molar-refractivity contribution in [1.82, 2.24) is 10.3 Å². The molecule has 0 aliphatic rings. The molecule has 1 aromatic carbocycles. The average Bonchev–Trinajstić information content (AvgIpc) is 2.58. The number of amides is 1. The maximum atomic E-state index is 13.5. The van der Waals surface area contributed by atoms with Crippen molar-refractivity contribution in [3.63, 3.8) is 0 Å². The molecular formula is C16H17FN2O4. The van der Waals surface area contributed by atoms with Gasteiger partial charge in [-0.3, -0.25) is 4.98 Å². The van der Waals surface area contributed by atoms with Gasteiger partial charge in [0.05, 0.1) is 0 Å². The largest absolute Gasteiger partial charge is 0.445 e. The summed E-state index contributed by atoms with van der Waals surface area (Å²) >= 11 is 0. The van der Waals surface area contributed by atoms with Crippen molar-refractivity contribution in [3.05, 3.63) is 65.7 Å². The van der Waals surface area contributed by atoms with E-state index >= 15 is 0 Å². The number of nitrogens with one attached hydrogen (secondary N) is 1. The van der Waals surface area contributed by atoms with Gasteiger partial charge in [-0.2, -0.15) is 0 Å². The number of aliphatic hydroxyl groups excluding tert-OH is 2. The van der Waals surface area contributed by atoms with E-state index in [2.05, 4.69) is 10.3 Å². The number of hydrogen-bond donors (Lipinski definition) is 3. The number of rotatable bonds is 6. The van der Waals surface area contributed by atoms with E-state index < -0.39 is 24.1 Å². The first-order valence-electron chi connectivity index (χ1n) is 6.99. The van der Waals surface area contributed by atoms with Crippen LogP contribution in [0.4, 0.5) is 9.18 Å². The molecule has 23 heavy (non-hydrogen) atoms. The fourth-order valence-electron chi connectivity index (χ4n) is 1.87. The van der Waals surface area contributed by atoms with Crippen LogP contribution in [0, 0.1) is 5.82 Å². The summed E-state index contributed by atoms with van der Waals surface area (Å²) in [6, 6.07) is 11.6. The molecule has 6 nitrogen and oxygen atoms in total. The highest BCUT2D eigenvalue weighted by atomic mass is 19.1. The molecule has 2 unspecified atom stereocenters. The van der Waals surface area contributed by atoms with Crippen LogP contribution in [-0.2, 0) is 11.3 Å². The van der Waals surface area contributed by atoms with Crippen LogP contribution in [0.15, 0.2) is 48.7 Å². The number of nitrogens with zero attached hydrogens (tertiary/aromatic N) is 1. The smallest absolute Gasteiger partial charge is 0.407 e. The molecule has 0 fully saturated rings. The molecular weight excluding hydrogens is 303 g/mol. The molecule has 2 atom stereocenters. The molecule has 0 spiro atoms. The number of alkyl carbamates (subject to hydrolysis) is 1. The summed E-state index contributed by atoms with van der Waals surface area (Å²) in [6.07, 6.45) is -2.41. The maximum absolute atomic E-state index is 13.5. The molecule has 2 aromatic rings. The highest BCUT2D eigenvalue weighted by Crippen LogP contribution is 2.17. The molecule has 3 N–H and O–H groups in total. The van der Waals surface area contributed by atoms with Crippen molar-refractivity contribution in [2.24, 2.45) is 0 Å². The van der Waals surface area contributed by atoms with E-state index in [-0.39, 0.29) is 18.8 Å². The highest BCUT2D eigenvalue weighted by molar-refractivity contribution is 5.67. The van der Waals surface area contributed by atoms with Gasteiger partial charge in [-0.15, -0.1) is 0 Å². The lowest BCUT2D eigenvalue weighted by Gasteiger charge is -2.18. The standard InChI is InChI=1S/C16H17FN2O4/c17-12-7-4-8-18-14(12)15(21)13(20)9-19-16(22)23-10-11-5-2-1-3-6-11/h1-8,13,15,20-21H,9-10H2,(H,19,22). The van der Waals surface area contributed by atoms with Crippen LogP contribution in [0.1, 0.15) is 17.4 Å². The summed E-state index contributed by atoms with van der Waals surface area (Å²) in [5.41, 5.74) is 0.540. The van der Waals surface area contributed by atoms with Crippen molar-refractivity contribution < 1.29 is 24.1 Å². The van der Waals surface area contributed by atoms with Crippen molar-refractivity contribution in [2.45, 2.75) is 18.8 Å². The Hall–Kier alpha value is -2.51. The molecule has 0 radical (unpaired) electrons. The van der Waals surface area contributed by atoms with E-state index in [0.717, 1.165) is 11.6 Å². The zero-order valence-corrected chi connectivity index (χ0v) is 12.2. The lowest BCUT2D eigenvalue weighted by Crippen LogP contribution is -2.36. The van der Waals surface area contributed by atoms with E-state index in [0.29, 0.717) is 0 Å². The number of halogens is 1. The van der Waals surface area contributed by atoms with Crippen LogP contribution in [-0.4, -0.2) is 33.9 Å². The van der Waals surface area contributed by atoms with E-state index in [1.165, 1.54) is 12.3 Å². The zero-order chi connectivity index (χ0) is 16.7. The first-order chi connectivity index (χ1) is 11.1. The van der Waals surface area contributed by atoms with Crippen LogP contribution < -0.4 is 5.32 Å². The second-order valence-electron chi connectivity index (χ2n) is 4.83. The third kappa shape index (κ3) is 5.01. The second kappa shape index (κ2) is 8.21. The monoisotopic (exact) mass is 320 g/mol. The van der Waals surface area contributed by atoms with E-state index in [9.17, 15) is 19.4 Å². The SMILES string of the molecule is O=C(NCC(O)C(O)c1ncccc1F)OCc1ccccc1. The molecule has 0 saturated heterocycles. The van der Waals surface area contributed by atoms with E-state index in [1.54, 1.807) is 12.1 Å². The first kappa shape index (κ1) is 16.9. The van der Waals surface area contributed by atoms with Gasteiger partial charge in [0.1, 0.15) is 30.3 Å². The number of aliphatic hydroxyl groups is 2. The third-order valence-corrected chi connectivity index (χ3v) is 3.10. The molecule has 0 aliphatic carbocycles. The number of carbonyl (C=O) groups excluding carboxylic acids is 1. The Bertz CT molecular complexity index is 639. The first-order valence-corrected chi connectivity index (χ1v) is 6.99. The van der Waals surface area contributed by atoms with Gasteiger partial charge in [0, 0.05) is 12.7 Å². The predicted molar refractivity (Wildman–Crippen MR) is 79.8 cm³/mol. The second-order valence-corrected chi connectivity index (χ2v) is 4.83. The van der Waals surface area contributed by atoms with Gasteiger partial charge in [-0.25, -0.2) is 9.18 Å². The van der Waals surface area contributed by atoms with Crippen molar-refractivity contribution >= 4 is 6.09 Å². The van der Waals surface area contributed by atoms with Crippen molar-refractivity contribution in [1.29, 1.82) is 0 Å². The van der Waals surface area contributed by atoms with Crippen LogP contribution in [0.25, 0.3) is 0 Å². The molecule has 2 rings (SSSR count). The minimum Gasteiger partial charge on any atom is -0.445 e. The van der Waals surface area contributed by atoms with Crippen molar-refractivity contribution in [2.75, 3.05) is 6.54 Å². The molecule has 0 bridgehead atoms. The normalized spacial score (nSPS) is 13.2. The van der Waals surface area contributed by atoms with Gasteiger partial charge < -0.3 is 20.3 Å². The zero-order valence-electron chi connectivity index (χ0n) is 12.2. The van der Waals surface area contributed by atoms with Crippen LogP contribution in [0.3, 0.4) is 0 Å². The topological polar surface area (TPSA) is 91.7 Å². The summed E-state index contributed by atoms with van der Waals surface area (Å²) in [4.78, 5) is 15.2. The quantitative estimate of drug-likeness (QED) is 0.751. The Labute approximate surface area is 132 Å². The number of pyridine rings is 1. The lowest BCUT2D eigenvalue weighted by atomic mass is 10.1. The molecule has 1 heterocycles. The van der Waals surface area contributed by atoms with E-state index in [1.807, 2.05) is 18.2 Å². The van der Waals surface area contributed by atoms with Gasteiger partial charge in [0.15, 0.2) is 0 Å². The summed E-state index contributed by atoms with van der Waals surface area (Å²) in [6.45, 7) is -0.217. The van der Waals surface area contributed by atoms with Crippen LogP contribution in [0.5, 0.6) is 0 Å². The highest BCUT2D eigenvalue weighted by Gasteiger charge is 2.23. The number of benzene rings is 1. The molecule has 1 amide bonds. The minimum absolute atomic E-state index is 0.0835. The Morgan fingerprint density at radius 2 is 1.96 bits per heavy atom. The number of carbonyl (C=O) groups is 1. The van der Waals surface area contributed by atoms with E-state index in [4.69, 9.17) is 4.74 Å². The fourth-order valence-corrected chi connectivity index (χ4v) is 1.87. The Morgan fingerprint density at radius 1 is 1.22 bits per heavy atom. The summed E-state index contributed by atoms with van der Waals surface area (Å²) < 4.78 is 18.4. The maximum Gasteiger partial charge on any atom is 0.407 e. The molecule has 7 heteroatoms. The fraction of sp³-hybridized carbons (Fsp3) is 0.250. The Kier molecular flexibility index (Phi) is 6.02. The third-order valence-electron chi connectivity index (χ3n) is 3.10. The number of hydrogen-bond acceptors (Lipinski definition) is 5. The van der Waals surface area contributed by atoms with Gasteiger partial charge >= 0.3 is 6.09 Å². The van der Waals surface area contributed by atoms with Gasteiger partial charge in [0.25, 0.3) is 0 Å². The summed E-state index contributed by atoms with van der Waals surface area (Å²) in [7, 11) is 0. The molecule has 122 valence electrons. The number of aromatic nitrogens is 1. The van der Waals surface area contributed by atoms with Crippen molar-refractivity contribution in [3.8, 4) is 0 Å². The van der Waals surface area contributed by atoms with Crippen LogP contribution in [0.2, 0.25) is 0 Å². The van der Waals surface area contributed by atoms with Crippen LogP contribution >= 0.6 is 0 Å². The molecule has 1 aromatic heterocycles. The molecule has 0 aliphatic heterocycles.